The molecule has 1 heterocycles. The first-order valence-corrected chi connectivity index (χ1v) is 3.38. The molecule has 5 heteroatoms. The van der Waals surface area contributed by atoms with Gasteiger partial charge in [0.2, 0.25) is 0 Å². The lowest BCUT2D eigenvalue weighted by Gasteiger charge is -2.10. The number of aldehydes is 1. The monoisotopic (exact) mass is 174 g/mol. The molecule has 1 rings (SSSR count). The molecule has 0 aliphatic carbocycles. The van der Waals surface area contributed by atoms with Crippen LogP contribution in [0.15, 0.2) is 12.3 Å². The first kappa shape index (κ1) is 8.83. The summed E-state index contributed by atoms with van der Waals surface area (Å²) >= 11 is 0. The molecule has 0 atom stereocenters. The largest absolute Gasteiger partial charge is 0.296 e. The first-order chi connectivity index (χ1) is 5.53. The molecule has 0 radical (unpaired) electrons. The highest BCUT2D eigenvalue weighted by Gasteiger charge is 2.23. The molecule has 0 aliphatic heterocycles. The van der Waals surface area contributed by atoms with E-state index in [-0.39, 0.29) is 5.69 Å². The maximum atomic E-state index is 12.4. The minimum absolute atomic E-state index is 0.163. The van der Waals surface area contributed by atoms with E-state index in [9.17, 15) is 13.6 Å². The summed E-state index contributed by atoms with van der Waals surface area (Å²) in [7, 11) is 0. The van der Waals surface area contributed by atoms with E-state index in [0.717, 1.165) is 11.6 Å². The van der Waals surface area contributed by atoms with Gasteiger partial charge in [-0.15, -0.1) is 0 Å². The fourth-order valence-electron chi connectivity index (χ4n) is 0.838. The number of carbonyl (C=O) groups excluding carboxylic acids is 1. The topological polar surface area (TPSA) is 34.9 Å². The standard InChI is InChI=1S/C7H8F2N2O/c1-7(8,9)5-11-6(4-12)2-3-10-11/h2-4H,5H2,1H3. The molecule has 3 nitrogen and oxygen atoms in total. The van der Waals surface area contributed by atoms with Gasteiger partial charge in [-0.25, -0.2) is 8.78 Å². The summed E-state index contributed by atoms with van der Waals surface area (Å²) in [5, 5.41) is 3.58. The number of halogens is 2. The summed E-state index contributed by atoms with van der Waals surface area (Å²) in [5.74, 6) is -2.84. The van der Waals surface area contributed by atoms with Crippen LogP contribution in [0.3, 0.4) is 0 Å². The Bertz CT molecular complexity index is 277. The average Bonchev–Trinajstić information content (AvgIpc) is 2.31. The SMILES string of the molecule is CC(F)(F)Cn1nccc1C=O. The van der Waals surface area contributed by atoms with Gasteiger partial charge in [0.15, 0.2) is 6.29 Å². The summed E-state index contributed by atoms with van der Waals surface area (Å²) in [6.07, 6.45) is 1.81. The van der Waals surface area contributed by atoms with Crippen LogP contribution in [0.1, 0.15) is 17.4 Å². The van der Waals surface area contributed by atoms with Crippen molar-refractivity contribution in [3.05, 3.63) is 18.0 Å². The van der Waals surface area contributed by atoms with Crippen molar-refractivity contribution in [1.29, 1.82) is 0 Å². The predicted molar refractivity (Wildman–Crippen MR) is 38.2 cm³/mol. The molecule has 0 N–H and O–H groups in total. The Labute approximate surface area is 68.0 Å². The van der Waals surface area contributed by atoms with Gasteiger partial charge in [-0.2, -0.15) is 5.10 Å². The number of hydrogen-bond donors (Lipinski definition) is 0. The molecule has 0 saturated heterocycles. The van der Waals surface area contributed by atoms with Gasteiger partial charge < -0.3 is 0 Å². The zero-order valence-electron chi connectivity index (χ0n) is 6.50. The minimum Gasteiger partial charge on any atom is -0.296 e. The Morgan fingerprint density at radius 2 is 2.42 bits per heavy atom. The Balaban J connectivity index is 2.81. The fourth-order valence-corrected chi connectivity index (χ4v) is 0.838. The molecule has 12 heavy (non-hydrogen) atoms. The smallest absolute Gasteiger partial charge is 0.264 e. The predicted octanol–water partition coefficient (Wildman–Crippen LogP) is 1.35. The molecule has 0 aromatic carbocycles. The Kier molecular flexibility index (Phi) is 2.21. The maximum absolute atomic E-state index is 12.4. The summed E-state index contributed by atoms with van der Waals surface area (Å²) < 4.78 is 25.8. The molecule has 0 bridgehead atoms. The van der Waals surface area contributed by atoms with E-state index in [1.54, 1.807) is 0 Å². The Morgan fingerprint density at radius 1 is 1.75 bits per heavy atom. The molecule has 0 unspecified atom stereocenters. The zero-order valence-corrected chi connectivity index (χ0v) is 6.50. The summed E-state index contributed by atoms with van der Waals surface area (Å²) in [6, 6.07) is 1.39. The highest BCUT2D eigenvalue weighted by atomic mass is 19.3. The van der Waals surface area contributed by atoms with Crippen molar-refractivity contribution in [2.75, 3.05) is 0 Å². The van der Waals surface area contributed by atoms with E-state index < -0.39 is 12.5 Å². The molecule has 66 valence electrons. The van der Waals surface area contributed by atoms with Crippen molar-refractivity contribution in [3.8, 4) is 0 Å². The first-order valence-electron chi connectivity index (χ1n) is 3.38. The van der Waals surface area contributed by atoms with Gasteiger partial charge in [0.25, 0.3) is 5.92 Å². The highest BCUT2D eigenvalue weighted by Crippen LogP contribution is 2.14. The van der Waals surface area contributed by atoms with Gasteiger partial charge in [0, 0.05) is 13.1 Å². The number of carbonyl (C=O) groups is 1. The van der Waals surface area contributed by atoms with Crippen LogP contribution in [-0.4, -0.2) is 22.0 Å². The molecule has 1 aromatic heterocycles. The number of alkyl halides is 2. The van der Waals surface area contributed by atoms with Crippen LogP contribution in [0.2, 0.25) is 0 Å². The van der Waals surface area contributed by atoms with Crippen LogP contribution in [-0.2, 0) is 6.54 Å². The molecular weight excluding hydrogens is 166 g/mol. The lowest BCUT2D eigenvalue weighted by Crippen LogP contribution is -2.21. The lowest BCUT2D eigenvalue weighted by molar-refractivity contribution is 0.000212. The molecule has 0 aliphatic rings. The van der Waals surface area contributed by atoms with Crippen molar-refractivity contribution >= 4 is 6.29 Å². The van der Waals surface area contributed by atoms with E-state index in [4.69, 9.17) is 0 Å². The quantitative estimate of drug-likeness (QED) is 0.648. The molecule has 0 spiro atoms. The highest BCUT2D eigenvalue weighted by molar-refractivity contribution is 5.71. The maximum Gasteiger partial charge on any atom is 0.264 e. The number of aromatic nitrogens is 2. The van der Waals surface area contributed by atoms with Gasteiger partial charge in [0.05, 0.1) is 0 Å². The summed E-state index contributed by atoms with van der Waals surface area (Å²) in [5.41, 5.74) is 0.163. The van der Waals surface area contributed by atoms with E-state index in [0.29, 0.717) is 6.29 Å². The second-order valence-electron chi connectivity index (χ2n) is 2.60. The number of nitrogens with zero attached hydrogens (tertiary/aromatic N) is 2. The zero-order chi connectivity index (χ0) is 9.19. The summed E-state index contributed by atoms with van der Waals surface area (Å²) in [6.45, 7) is 0.220. The van der Waals surface area contributed by atoms with Crippen LogP contribution >= 0.6 is 0 Å². The number of rotatable bonds is 3. The van der Waals surface area contributed by atoms with Crippen molar-refractivity contribution < 1.29 is 13.6 Å². The van der Waals surface area contributed by atoms with Gasteiger partial charge in [-0.05, 0) is 6.07 Å². The van der Waals surface area contributed by atoms with E-state index >= 15 is 0 Å². The second kappa shape index (κ2) is 3.00. The number of hydrogen-bond acceptors (Lipinski definition) is 2. The van der Waals surface area contributed by atoms with Gasteiger partial charge in [0.1, 0.15) is 12.2 Å². The van der Waals surface area contributed by atoms with Gasteiger partial charge in [-0.3, -0.25) is 9.48 Å². The van der Waals surface area contributed by atoms with Crippen LogP contribution < -0.4 is 0 Å². The van der Waals surface area contributed by atoms with Crippen LogP contribution in [0.4, 0.5) is 8.78 Å². The second-order valence-corrected chi connectivity index (χ2v) is 2.60. The normalized spacial score (nSPS) is 11.6. The van der Waals surface area contributed by atoms with E-state index in [2.05, 4.69) is 5.10 Å². The third-order valence-electron chi connectivity index (χ3n) is 1.30. The Hall–Kier alpha value is -1.26. The van der Waals surface area contributed by atoms with Crippen molar-refractivity contribution in [1.82, 2.24) is 9.78 Å². The van der Waals surface area contributed by atoms with Crippen molar-refractivity contribution in [2.45, 2.75) is 19.4 Å². The van der Waals surface area contributed by atoms with E-state index in [1.165, 1.54) is 12.3 Å². The molecule has 0 fully saturated rings. The summed E-state index contributed by atoms with van der Waals surface area (Å²) in [4.78, 5) is 10.3. The average molecular weight is 174 g/mol. The van der Waals surface area contributed by atoms with Crippen LogP contribution in [0.5, 0.6) is 0 Å². The molecular formula is C7H8F2N2O. The molecule has 1 aromatic rings. The fraction of sp³-hybridized carbons (Fsp3) is 0.429. The lowest BCUT2D eigenvalue weighted by atomic mass is 10.4. The van der Waals surface area contributed by atoms with Gasteiger partial charge in [-0.1, -0.05) is 0 Å². The van der Waals surface area contributed by atoms with Gasteiger partial charge >= 0.3 is 0 Å². The third kappa shape index (κ3) is 2.11. The van der Waals surface area contributed by atoms with Crippen LogP contribution in [0, 0.1) is 0 Å². The minimum atomic E-state index is -2.84. The molecule has 0 amide bonds. The Morgan fingerprint density at radius 3 is 2.92 bits per heavy atom. The van der Waals surface area contributed by atoms with Crippen molar-refractivity contribution in [3.63, 3.8) is 0 Å². The van der Waals surface area contributed by atoms with E-state index in [1.807, 2.05) is 0 Å². The molecule has 0 saturated carbocycles. The third-order valence-corrected chi connectivity index (χ3v) is 1.30. The van der Waals surface area contributed by atoms with Crippen LogP contribution in [0.25, 0.3) is 0 Å². The van der Waals surface area contributed by atoms with Crippen molar-refractivity contribution in [2.24, 2.45) is 0 Å².